The fourth-order valence-corrected chi connectivity index (χ4v) is 3.96. The van der Waals surface area contributed by atoms with Crippen molar-refractivity contribution in [3.8, 4) is 0 Å². The van der Waals surface area contributed by atoms with E-state index in [1.54, 1.807) is 0 Å². The van der Waals surface area contributed by atoms with Crippen LogP contribution >= 0.6 is 0 Å². The van der Waals surface area contributed by atoms with Crippen LogP contribution in [0.2, 0.25) is 0 Å². The third kappa shape index (κ3) is 2.58. The monoisotopic (exact) mass is 268 g/mol. The summed E-state index contributed by atoms with van der Waals surface area (Å²) in [6.07, 6.45) is 5.99. The topological polar surface area (TPSA) is 18.5 Å². The summed E-state index contributed by atoms with van der Waals surface area (Å²) < 4.78 is 12.7. The SMILES string of the molecule is CC(C)(C)C1(C(C)(C)C)COC2(CCCCC2)OC1. The molecule has 0 bridgehead atoms. The first-order valence-electron chi connectivity index (χ1n) is 7.90. The Morgan fingerprint density at radius 1 is 0.684 bits per heavy atom. The van der Waals surface area contributed by atoms with Gasteiger partial charge in [-0.05, 0) is 23.7 Å². The van der Waals surface area contributed by atoms with Gasteiger partial charge >= 0.3 is 0 Å². The van der Waals surface area contributed by atoms with Crippen LogP contribution < -0.4 is 0 Å². The predicted octanol–water partition coefficient (Wildman–Crippen LogP) is 4.77. The summed E-state index contributed by atoms with van der Waals surface area (Å²) >= 11 is 0. The molecule has 0 unspecified atom stereocenters. The molecule has 0 N–H and O–H groups in total. The van der Waals surface area contributed by atoms with Gasteiger partial charge in [-0.1, -0.05) is 48.0 Å². The first-order chi connectivity index (χ1) is 8.62. The Balaban J connectivity index is 2.18. The second-order valence-corrected chi connectivity index (χ2v) is 8.63. The molecule has 0 aromatic rings. The van der Waals surface area contributed by atoms with E-state index in [1.807, 2.05) is 0 Å². The predicted molar refractivity (Wildman–Crippen MR) is 79.1 cm³/mol. The molecule has 1 saturated carbocycles. The van der Waals surface area contributed by atoms with Gasteiger partial charge in [0.25, 0.3) is 0 Å². The highest BCUT2D eigenvalue weighted by Crippen LogP contribution is 2.55. The van der Waals surface area contributed by atoms with Crippen molar-refractivity contribution in [3.05, 3.63) is 0 Å². The maximum absolute atomic E-state index is 6.35. The van der Waals surface area contributed by atoms with Crippen LogP contribution in [-0.4, -0.2) is 19.0 Å². The number of hydrogen-bond donors (Lipinski definition) is 0. The van der Waals surface area contributed by atoms with Crippen LogP contribution in [0.1, 0.15) is 73.6 Å². The lowest BCUT2D eigenvalue weighted by Gasteiger charge is -2.58. The van der Waals surface area contributed by atoms with E-state index in [9.17, 15) is 0 Å². The van der Waals surface area contributed by atoms with Gasteiger partial charge in [-0.3, -0.25) is 0 Å². The van der Waals surface area contributed by atoms with Gasteiger partial charge < -0.3 is 9.47 Å². The minimum Gasteiger partial charge on any atom is -0.349 e. The van der Waals surface area contributed by atoms with Gasteiger partial charge in [0, 0.05) is 18.3 Å². The Labute approximate surface area is 119 Å². The first kappa shape index (κ1) is 15.3. The van der Waals surface area contributed by atoms with Gasteiger partial charge in [-0.2, -0.15) is 0 Å². The van der Waals surface area contributed by atoms with Crippen molar-refractivity contribution < 1.29 is 9.47 Å². The molecule has 0 atom stereocenters. The largest absolute Gasteiger partial charge is 0.349 e. The number of hydrogen-bond acceptors (Lipinski definition) is 2. The molecule has 0 aromatic heterocycles. The van der Waals surface area contributed by atoms with Crippen LogP contribution in [0.5, 0.6) is 0 Å². The molecule has 2 heteroatoms. The van der Waals surface area contributed by atoms with E-state index in [0.717, 1.165) is 26.1 Å². The zero-order valence-electron chi connectivity index (χ0n) is 13.8. The van der Waals surface area contributed by atoms with E-state index in [4.69, 9.17) is 9.47 Å². The molecule has 2 nitrogen and oxygen atoms in total. The molecule has 1 heterocycles. The summed E-state index contributed by atoms with van der Waals surface area (Å²) in [6, 6.07) is 0. The highest BCUT2D eigenvalue weighted by molar-refractivity contribution is 5.01. The number of rotatable bonds is 0. The van der Waals surface area contributed by atoms with Gasteiger partial charge in [-0.15, -0.1) is 0 Å². The Kier molecular flexibility index (Phi) is 3.81. The lowest BCUT2D eigenvalue weighted by molar-refractivity contribution is -0.344. The van der Waals surface area contributed by atoms with Crippen molar-refractivity contribution >= 4 is 0 Å². The molecule has 19 heavy (non-hydrogen) atoms. The van der Waals surface area contributed by atoms with Crippen LogP contribution in [0.15, 0.2) is 0 Å². The minimum absolute atomic E-state index is 0.0860. The maximum Gasteiger partial charge on any atom is 0.168 e. The quantitative estimate of drug-likeness (QED) is 0.630. The average Bonchev–Trinajstić information content (AvgIpc) is 2.28. The summed E-state index contributed by atoms with van der Waals surface area (Å²) in [4.78, 5) is 0. The Bertz CT molecular complexity index is 287. The molecule has 2 aliphatic rings. The molecule has 0 aromatic carbocycles. The van der Waals surface area contributed by atoms with Gasteiger partial charge in [0.1, 0.15) is 0 Å². The molecular formula is C17H32O2. The first-order valence-corrected chi connectivity index (χ1v) is 7.90. The summed E-state index contributed by atoms with van der Waals surface area (Å²) in [5.41, 5.74) is 0.450. The fraction of sp³-hybridized carbons (Fsp3) is 1.00. The Morgan fingerprint density at radius 2 is 1.11 bits per heavy atom. The van der Waals surface area contributed by atoms with Gasteiger partial charge in [0.05, 0.1) is 13.2 Å². The molecule has 2 fully saturated rings. The number of ether oxygens (including phenoxy) is 2. The van der Waals surface area contributed by atoms with Crippen molar-refractivity contribution in [2.24, 2.45) is 16.2 Å². The van der Waals surface area contributed by atoms with E-state index in [0.29, 0.717) is 0 Å². The van der Waals surface area contributed by atoms with Gasteiger partial charge in [0.15, 0.2) is 5.79 Å². The fourth-order valence-electron chi connectivity index (χ4n) is 3.96. The molecule has 0 amide bonds. The van der Waals surface area contributed by atoms with Crippen LogP contribution in [-0.2, 0) is 9.47 Å². The standard InChI is InChI=1S/C17H32O2/c1-14(2,3)16(15(4,5)6)12-18-17(19-13-16)10-8-7-9-11-17/h7-13H2,1-6H3. The molecule has 2 rings (SSSR count). The Hall–Kier alpha value is -0.0800. The van der Waals surface area contributed by atoms with Gasteiger partial charge in [0.2, 0.25) is 0 Å². The van der Waals surface area contributed by atoms with Gasteiger partial charge in [-0.25, -0.2) is 0 Å². The second kappa shape index (κ2) is 4.73. The van der Waals surface area contributed by atoms with Crippen molar-refractivity contribution in [3.63, 3.8) is 0 Å². The zero-order valence-corrected chi connectivity index (χ0v) is 13.8. The molecule has 1 saturated heterocycles. The second-order valence-electron chi connectivity index (χ2n) is 8.63. The molecule has 1 aliphatic carbocycles. The van der Waals surface area contributed by atoms with E-state index >= 15 is 0 Å². The highest BCUT2D eigenvalue weighted by atomic mass is 16.7. The minimum atomic E-state index is -0.252. The smallest absolute Gasteiger partial charge is 0.168 e. The summed E-state index contributed by atoms with van der Waals surface area (Å²) in [5.74, 6) is -0.252. The van der Waals surface area contributed by atoms with Crippen molar-refractivity contribution in [1.29, 1.82) is 0 Å². The van der Waals surface area contributed by atoms with Crippen LogP contribution in [0, 0.1) is 16.2 Å². The molecule has 1 spiro atoms. The summed E-state index contributed by atoms with van der Waals surface area (Å²) in [7, 11) is 0. The third-order valence-electron chi connectivity index (χ3n) is 5.65. The lowest BCUT2D eigenvalue weighted by Crippen LogP contribution is -2.60. The molecule has 0 radical (unpaired) electrons. The highest BCUT2D eigenvalue weighted by Gasteiger charge is 2.56. The molecular weight excluding hydrogens is 236 g/mol. The maximum atomic E-state index is 6.35. The van der Waals surface area contributed by atoms with Crippen molar-refractivity contribution in [2.75, 3.05) is 13.2 Å². The van der Waals surface area contributed by atoms with Crippen LogP contribution in [0.3, 0.4) is 0 Å². The van der Waals surface area contributed by atoms with Crippen molar-refractivity contribution in [2.45, 2.75) is 79.4 Å². The third-order valence-corrected chi connectivity index (χ3v) is 5.65. The summed E-state index contributed by atoms with van der Waals surface area (Å²) in [6.45, 7) is 15.6. The van der Waals surface area contributed by atoms with E-state index in [1.165, 1.54) is 19.3 Å². The lowest BCUT2D eigenvalue weighted by atomic mass is 9.54. The Morgan fingerprint density at radius 3 is 1.47 bits per heavy atom. The molecule has 1 aliphatic heterocycles. The van der Waals surface area contributed by atoms with Crippen LogP contribution in [0.25, 0.3) is 0 Å². The average molecular weight is 268 g/mol. The van der Waals surface area contributed by atoms with E-state index < -0.39 is 0 Å². The van der Waals surface area contributed by atoms with E-state index in [-0.39, 0.29) is 22.0 Å². The van der Waals surface area contributed by atoms with E-state index in [2.05, 4.69) is 41.5 Å². The molecule has 112 valence electrons. The van der Waals surface area contributed by atoms with Crippen molar-refractivity contribution in [1.82, 2.24) is 0 Å². The summed E-state index contributed by atoms with van der Waals surface area (Å²) in [5, 5.41) is 0. The zero-order chi connectivity index (χ0) is 14.4. The van der Waals surface area contributed by atoms with Crippen LogP contribution in [0.4, 0.5) is 0 Å². The normalized spacial score (nSPS) is 27.5.